The van der Waals surface area contributed by atoms with Crippen molar-refractivity contribution in [3.8, 4) is 0 Å². The van der Waals surface area contributed by atoms with E-state index in [9.17, 15) is 22.4 Å². The highest BCUT2D eigenvalue weighted by molar-refractivity contribution is 6.09. The van der Waals surface area contributed by atoms with Crippen LogP contribution < -0.4 is 5.01 Å². The van der Waals surface area contributed by atoms with Crippen LogP contribution in [-0.2, 0) is 9.53 Å². The number of esters is 1. The standard InChI is InChI=1S/C23H22F4N2O2/c1-15(21(30)31-14-23(25,26)27)12-19-22(10-11-22)20(16-6-3-2-4-7-16)28-29(19)18-9-5-8-17(24)13-18/h2-9,13,15,19H,10-12,14H2,1H3. The largest absolute Gasteiger partial charge is 0.456 e. The van der Waals surface area contributed by atoms with Crippen LogP contribution in [0, 0.1) is 17.2 Å². The fourth-order valence-corrected chi connectivity index (χ4v) is 4.22. The van der Waals surface area contributed by atoms with E-state index >= 15 is 0 Å². The predicted octanol–water partition coefficient (Wildman–Crippen LogP) is 5.33. The molecule has 0 radical (unpaired) electrons. The van der Waals surface area contributed by atoms with Crippen LogP contribution in [0.4, 0.5) is 23.2 Å². The van der Waals surface area contributed by atoms with E-state index in [2.05, 4.69) is 4.74 Å². The zero-order valence-electron chi connectivity index (χ0n) is 16.9. The van der Waals surface area contributed by atoms with E-state index in [1.807, 2.05) is 30.3 Å². The molecule has 1 heterocycles. The van der Waals surface area contributed by atoms with Gasteiger partial charge in [-0.25, -0.2) is 4.39 Å². The van der Waals surface area contributed by atoms with Crippen LogP contribution in [0.3, 0.4) is 0 Å². The van der Waals surface area contributed by atoms with E-state index < -0.39 is 30.5 Å². The van der Waals surface area contributed by atoms with Gasteiger partial charge < -0.3 is 4.74 Å². The maximum absolute atomic E-state index is 13.9. The molecule has 2 aliphatic rings. The van der Waals surface area contributed by atoms with Gasteiger partial charge in [-0.3, -0.25) is 9.80 Å². The number of anilines is 1. The van der Waals surface area contributed by atoms with E-state index in [-0.39, 0.29) is 17.9 Å². The van der Waals surface area contributed by atoms with E-state index in [0.29, 0.717) is 5.69 Å². The molecule has 1 aliphatic heterocycles. The van der Waals surface area contributed by atoms with Crippen LogP contribution in [0.2, 0.25) is 0 Å². The number of hydrogen-bond acceptors (Lipinski definition) is 4. The minimum Gasteiger partial charge on any atom is -0.456 e. The lowest BCUT2D eigenvalue weighted by Crippen LogP contribution is -2.38. The SMILES string of the molecule is CC(CC1N(c2cccc(F)c2)N=C(c2ccccc2)C12CC2)C(=O)OCC(F)(F)F. The van der Waals surface area contributed by atoms with E-state index in [1.165, 1.54) is 12.1 Å². The van der Waals surface area contributed by atoms with Crippen molar-refractivity contribution in [2.45, 2.75) is 38.4 Å². The predicted molar refractivity (Wildman–Crippen MR) is 108 cm³/mol. The van der Waals surface area contributed by atoms with Crippen LogP contribution in [0.5, 0.6) is 0 Å². The third kappa shape index (κ3) is 4.43. The molecule has 1 saturated carbocycles. The molecule has 1 fully saturated rings. The van der Waals surface area contributed by atoms with Gasteiger partial charge in [0.05, 0.1) is 23.4 Å². The number of halogens is 4. The quantitative estimate of drug-likeness (QED) is 0.456. The number of carbonyl (C=O) groups is 1. The van der Waals surface area contributed by atoms with Gasteiger partial charge in [-0.05, 0) is 43.0 Å². The van der Waals surface area contributed by atoms with Crippen molar-refractivity contribution in [2.24, 2.45) is 16.4 Å². The molecule has 0 bridgehead atoms. The van der Waals surface area contributed by atoms with Crippen molar-refractivity contribution >= 4 is 17.4 Å². The summed E-state index contributed by atoms with van der Waals surface area (Å²) in [7, 11) is 0. The van der Waals surface area contributed by atoms with Crippen molar-refractivity contribution in [1.82, 2.24) is 0 Å². The Kier molecular flexibility index (Phi) is 5.49. The fraction of sp³-hybridized carbons (Fsp3) is 0.391. The molecule has 2 unspecified atom stereocenters. The molecule has 31 heavy (non-hydrogen) atoms. The zero-order chi connectivity index (χ0) is 22.2. The van der Waals surface area contributed by atoms with Gasteiger partial charge in [0.1, 0.15) is 5.82 Å². The smallest absolute Gasteiger partial charge is 0.422 e. The van der Waals surface area contributed by atoms with Gasteiger partial charge in [0.15, 0.2) is 6.61 Å². The van der Waals surface area contributed by atoms with E-state index in [4.69, 9.17) is 5.10 Å². The van der Waals surface area contributed by atoms with Crippen molar-refractivity contribution < 1.29 is 27.1 Å². The zero-order valence-corrected chi connectivity index (χ0v) is 16.9. The van der Waals surface area contributed by atoms with Gasteiger partial charge in [-0.2, -0.15) is 18.3 Å². The van der Waals surface area contributed by atoms with Crippen LogP contribution >= 0.6 is 0 Å². The topological polar surface area (TPSA) is 41.9 Å². The summed E-state index contributed by atoms with van der Waals surface area (Å²) in [5, 5.41) is 6.53. The molecular weight excluding hydrogens is 412 g/mol. The van der Waals surface area contributed by atoms with Crippen molar-refractivity contribution in [3.05, 3.63) is 66.0 Å². The summed E-state index contributed by atoms with van der Waals surface area (Å²) < 4.78 is 55.7. The molecule has 0 amide bonds. The summed E-state index contributed by atoms with van der Waals surface area (Å²) in [4.78, 5) is 12.2. The molecule has 0 N–H and O–H groups in total. The van der Waals surface area contributed by atoms with Crippen molar-refractivity contribution in [2.75, 3.05) is 11.6 Å². The third-order valence-corrected chi connectivity index (χ3v) is 5.88. The molecule has 2 aromatic carbocycles. The minimum absolute atomic E-state index is 0.243. The highest BCUT2D eigenvalue weighted by Crippen LogP contribution is 2.58. The second kappa shape index (κ2) is 7.98. The Labute approximate surface area is 177 Å². The first-order chi connectivity index (χ1) is 14.7. The molecule has 0 saturated heterocycles. The van der Waals surface area contributed by atoms with E-state index in [0.717, 1.165) is 24.1 Å². The fourth-order valence-electron chi connectivity index (χ4n) is 4.22. The van der Waals surface area contributed by atoms with Crippen LogP contribution in [-0.4, -0.2) is 30.5 Å². The van der Waals surface area contributed by atoms with E-state index in [1.54, 1.807) is 24.1 Å². The number of carbonyl (C=O) groups excluding carboxylic acids is 1. The Bertz CT molecular complexity index is 987. The molecule has 164 valence electrons. The van der Waals surface area contributed by atoms with Crippen LogP contribution in [0.25, 0.3) is 0 Å². The second-order valence-electron chi connectivity index (χ2n) is 8.17. The Balaban J connectivity index is 1.63. The minimum atomic E-state index is -4.57. The molecule has 1 spiro atoms. The molecule has 1 aliphatic carbocycles. The Morgan fingerprint density at radius 1 is 1.19 bits per heavy atom. The van der Waals surface area contributed by atoms with Gasteiger partial charge in [0.25, 0.3) is 0 Å². The monoisotopic (exact) mass is 434 g/mol. The molecule has 2 atom stereocenters. The van der Waals surface area contributed by atoms with Crippen molar-refractivity contribution in [3.63, 3.8) is 0 Å². The summed E-state index contributed by atoms with van der Waals surface area (Å²) >= 11 is 0. The summed E-state index contributed by atoms with van der Waals surface area (Å²) in [6.07, 6.45) is -2.66. The normalized spacial score (nSPS) is 20.5. The lowest BCUT2D eigenvalue weighted by atomic mass is 9.83. The number of ether oxygens (including phenoxy) is 1. The number of benzene rings is 2. The average Bonchev–Trinajstić information content (AvgIpc) is 3.46. The molecule has 8 heteroatoms. The number of hydrogen-bond donors (Lipinski definition) is 0. The van der Waals surface area contributed by atoms with Gasteiger partial charge in [0.2, 0.25) is 0 Å². The first-order valence-electron chi connectivity index (χ1n) is 10.1. The lowest BCUT2D eigenvalue weighted by molar-refractivity contribution is -0.189. The number of hydrazone groups is 1. The maximum Gasteiger partial charge on any atom is 0.422 e. The molecule has 4 nitrogen and oxygen atoms in total. The van der Waals surface area contributed by atoms with Gasteiger partial charge in [0, 0.05) is 5.41 Å². The molecule has 4 rings (SSSR count). The molecule has 2 aromatic rings. The van der Waals surface area contributed by atoms with Gasteiger partial charge in [-0.15, -0.1) is 0 Å². The van der Waals surface area contributed by atoms with Crippen LogP contribution in [0.1, 0.15) is 31.7 Å². The third-order valence-electron chi connectivity index (χ3n) is 5.88. The van der Waals surface area contributed by atoms with Gasteiger partial charge in [-0.1, -0.05) is 43.3 Å². The summed E-state index contributed by atoms with van der Waals surface area (Å²) in [5.41, 5.74) is 2.01. The maximum atomic E-state index is 13.9. The lowest BCUT2D eigenvalue weighted by Gasteiger charge is -2.30. The van der Waals surface area contributed by atoms with Crippen molar-refractivity contribution in [1.29, 1.82) is 0 Å². The first kappa shape index (κ1) is 21.3. The second-order valence-corrected chi connectivity index (χ2v) is 8.17. The Morgan fingerprint density at radius 3 is 2.52 bits per heavy atom. The first-order valence-corrected chi connectivity index (χ1v) is 10.1. The number of nitrogens with zero attached hydrogens (tertiary/aromatic N) is 2. The average molecular weight is 434 g/mol. The number of alkyl halides is 3. The summed E-state index contributed by atoms with van der Waals surface area (Å²) in [5.74, 6) is -2.09. The highest BCUT2D eigenvalue weighted by atomic mass is 19.4. The summed E-state index contributed by atoms with van der Waals surface area (Å²) in [6.45, 7) is -0.0512. The summed E-state index contributed by atoms with van der Waals surface area (Å²) in [6, 6.07) is 15.3. The Hall–Kier alpha value is -2.90. The molecule has 0 aromatic heterocycles. The van der Waals surface area contributed by atoms with Gasteiger partial charge >= 0.3 is 12.1 Å². The van der Waals surface area contributed by atoms with Crippen LogP contribution in [0.15, 0.2) is 59.7 Å². The highest BCUT2D eigenvalue weighted by Gasteiger charge is 2.60. The molecular formula is C23H22F4N2O2. The Morgan fingerprint density at radius 2 is 1.90 bits per heavy atom. The number of rotatable bonds is 6.